The van der Waals surface area contributed by atoms with E-state index in [1.807, 2.05) is 0 Å². The maximum atomic E-state index is 12.1. The van der Waals surface area contributed by atoms with E-state index < -0.39 is 19.9 Å². The smallest absolute Gasteiger partial charge is 0.224 e. The maximum Gasteiger partial charge on any atom is 0.224 e. The van der Waals surface area contributed by atoms with E-state index in [1.54, 1.807) is 0 Å². The Bertz CT molecular complexity index is 584. The Morgan fingerprint density at radius 1 is 1.30 bits per heavy atom. The minimum Gasteiger partial charge on any atom is -0.352 e. The summed E-state index contributed by atoms with van der Waals surface area (Å²) in [6.45, 7) is 0.630. The van der Waals surface area contributed by atoms with E-state index in [2.05, 4.69) is 5.32 Å². The molecule has 116 valence electrons. The number of hydrogen-bond acceptors (Lipinski definition) is 5. The zero-order chi connectivity index (χ0) is 15.0. The predicted octanol–water partition coefficient (Wildman–Crippen LogP) is -1.04. The second-order valence-corrected chi connectivity index (χ2v) is 9.78. The lowest BCUT2D eigenvalue weighted by molar-refractivity contribution is -0.126. The molecule has 2 aliphatic rings. The number of sulfone groups is 1. The van der Waals surface area contributed by atoms with Gasteiger partial charge in [-0.3, -0.25) is 4.79 Å². The van der Waals surface area contributed by atoms with Gasteiger partial charge in [-0.15, -0.1) is 0 Å². The molecule has 0 unspecified atom stereocenters. The fourth-order valence-corrected chi connectivity index (χ4v) is 5.27. The third kappa shape index (κ3) is 3.92. The number of rotatable bonds is 3. The third-order valence-corrected chi connectivity index (χ3v) is 6.84. The van der Waals surface area contributed by atoms with E-state index in [0.29, 0.717) is 25.8 Å². The van der Waals surface area contributed by atoms with Gasteiger partial charge in [0.25, 0.3) is 0 Å². The quantitative estimate of drug-likeness (QED) is 0.715. The standard InChI is InChI=1S/C11H20N2O5S2/c1-19(15,16)13-5-2-3-9(7-13)11(14)12-10-4-6-20(17,18)8-10/h9-10H,2-8H2,1H3,(H,12,14)/t9-,10-/m0/s1. The molecule has 1 N–H and O–H groups in total. The summed E-state index contributed by atoms with van der Waals surface area (Å²) in [5, 5.41) is 2.74. The van der Waals surface area contributed by atoms with Crippen LogP contribution in [-0.4, -0.2) is 63.9 Å². The molecule has 0 bridgehead atoms. The van der Waals surface area contributed by atoms with Crippen LogP contribution < -0.4 is 5.32 Å². The van der Waals surface area contributed by atoms with Crippen molar-refractivity contribution in [2.45, 2.75) is 25.3 Å². The summed E-state index contributed by atoms with van der Waals surface area (Å²) in [5.74, 6) is -0.526. The molecular weight excluding hydrogens is 304 g/mol. The van der Waals surface area contributed by atoms with Crippen LogP contribution in [0, 0.1) is 5.92 Å². The minimum absolute atomic E-state index is 0.0126. The second-order valence-electron chi connectivity index (χ2n) is 5.57. The van der Waals surface area contributed by atoms with Crippen molar-refractivity contribution in [3.05, 3.63) is 0 Å². The molecule has 2 rings (SSSR count). The topological polar surface area (TPSA) is 101 Å². The lowest BCUT2D eigenvalue weighted by Gasteiger charge is -2.30. The number of carbonyl (C=O) groups excluding carboxylic acids is 1. The van der Waals surface area contributed by atoms with E-state index in [9.17, 15) is 21.6 Å². The number of nitrogens with zero attached hydrogens (tertiary/aromatic N) is 1. The van der Waals surface area contributed by atoms with Crippen molar-refractivity contribution in [2.24, 2.45) is 5.92 Å². The van der Waals surface area contributed by atoms with E-state index in [0.717, 1.165) is 6.26 Å². The minimum atomic E-state index is -3.28. The van der Waals surface area contributed by atoms with Crippen molar-refractivity contribution >= 4 is 25.8 Å². The second kappa shape index (κ2) is 5.61. The number of amides is 1. The van der Waals surface area contributed by atoms with Crippen molar-refractivity contribution in [2.75, 3.05) is 30.9 Å². The lowest BCUT2D eigenvalue weighted by atomic mass is 9.98. The number of carbonyl (C=O) groups is 1. The molecule has 0 aromatic carbocycles. The normalized spacial score (nSPS) is 31.1. The van der Waals surface area contributed by atoms with Gasteiger partial charge in [0, 0.05) is 19.1 Å². The number of sulfonamides is 1. The lowest BCUT2D eigenvalue weighted by Crippen LogP contribution is -2.47. The summed E-state index contributed by atoms with van der Waals surface area (Å²) < 4.78 is 47.0. The molecule has 0 aromatic heterocycles. The largest absolute Gasteiger partial charge is 0.352 e. The van der Waals surface area contributed by atoms with Crippen molar-refractivity contribution in [3.8, 4) is 0 Å². The van der Waals surface area contributed by atoms with Crippen LogP contribution in [0.2, 0.25) is 0 Å². The van der Waals surface area contributed by atoms with Gasteiger partial charge in [0.05, 0.1) is 23.7 Å². The van der Waals surface area contributed by atoms with Crippen molar-refractivity contribution in [1.29, 1.82) is 0 Å². The van der Waals surface area contributed by atoms with Gasteiger partial charge in [-0.1, -0.05) is 0 Å². The molecular formula is C11H20N2O5S2. The summed E-state index contributed by atoms with van der Waals surface area (Å²) in [6, 6.07) is -0.332. The first kappa shape index (κ1) is 15.7. The summed E-state index contributed by atoms with van der Waals surface area (Å²) in [4.78, 5) is 12.1. The first-order valence-electron chi connectivity index (χ1n) is 6.63. The Kier molecular flexibility index (Phi) is 4.41. The van der Waals surface area contributed by atoms with Gasteiger partial charge in [0.1, 0.15) is 0 Å². The van der Waals surface area contributed by atoms with E-state index in [1.165, 1.54) is 4.31 Å². The highest BCUT2D eigenvalue weighted by atomic mass is 32.2. The fraction of sp³-hybridized carbons (Fsp3) is 0.909. The van der Waals surface area contributed by atoms with Gasteiger partial charge in [0.15, 0.2) is 9.84 Å². The molecule has 2 aliphatic heterocycles. The molecule has 0 aromatic rings. The molecule has 0 saturated carbocycles. The molecule has 2 fully saturated rings. The number of hydrogen-bond donors (Lipinski definition) is 1. The molecule has 7 nitrogen and oxygen atoms in total. The van der Waals surface area contributed by atoms with Crippen molar-refractivity contribution in [1.82, 2.24) is 9.62 Å². The molecule has 2 heterocycles. The molecule has 0 spiro atoms. The molecule has 2 saturated heterocycles. The maximum absolute atomic E-state index is 12.1. The number of piperidine rings is 1. The Hall–Kier alpha value is -0.670. The average molecular weight is 324 g/mol. The molecule has 20 heavy (non-hydrogen) atoms. The van der Waals surface area contributed by atoms with E-state index >= 15 is 0 Å². The first-order valence-corrected chi connectivity index (χ1v) is 10.3. The molecule has 0 aliphatic carbocycles. The van der Waals surface area contributed by atoms with Crippen LogP contribution in [0.5, 0.6) is 0 Å². The van der Waals surface area contributed by atoms with Crippen LogP contribution in [-0.2, 0) is 24.7 Å². The van der Waals surface area contributed by atoms with Crippen LogP contribution >= 0.6 is 0 Å². The van der Waals surface area contributed by atoms with Crippen LogP contribution in [0.3, 0.4) is 0 Å². The predicted molar refractivity (Wildman–Crippen MR) is 74.3 cm³/mol. The molecule has 0 radical (unpaired) electrons. The summed E-state index contributed by atoms with van der Waals surface area (Å²) in [5.41, 5.74) is 0. The van der Waals surface area contributed by atoms with Crippen LogP contribution in [0.1, 0.15) is 19.3 Å². The van der Waals surface area contributed by atoms with Gasteiger partial charge >= 0.3 is 0 Å². The molecule has 9 heteroatoms. The van der Waals surface area contributed by atoms with Crippen LogP contribution in [0.25, 0.3) is 0 Å². The highest BCUT2D eigenvalue weighted by Gasteiger charge is 2.34. The van der Waals surface area contributed by atoms with Gasteiger partial charge in [-0.05, 0) is 19.3 Å². The van der Waals surface area contributed by atoms with Gasteiger partial charge in [-0.2, -0.15) is 0 Å². The average Bonchev–Trinajstić information content (AvgIpc) is 2.68. The van der Waals surface area contributed by atoms with E-state index in [-0.39, 0.29) is 35.9 Å². The Morgan fingerprint density at radius 3 is 2.55 bits per heavy atom. The summed E-state index contributed by atoms with van der Waals surface area (Å²) in [7, 11) is -6.31. The third-order valence-electron chi connectivity index (χ3n) is 3.80. The van der Waals surface area contributed by atoms with E-state index in [4.69, 9.17) is 0 Å². The summed E-state index contributed by atoms with van der Waals surface area (Å²) in [6.07, 6.45) is 2.86. The Morgan fingerprint density at radius 2 is 2.00 bits per heavy atom. The first-order chi connectivity index (χ1) is 9.17. The highest BCUT2D eigenvalue weighted by Crippen LogP contribution is 2.20. The monoisotopic (exact) mass is 324 g/mol. The molecule has 2 atom stereocenters. The van der Waals surface area contributed by atoms with Crippen LogP contribution in [0.4, 0.5) is 0 Å². The van der Waals surface area contributed by atoms with Crippen molar-refractivity contribution < 1.29 is 21.6 Å². The van der Waals surface area contributed by atoms with Gasteiger partial charge in [0.2, 0.25) is 15.9 Å². The fourth-order valence-electron chi connectivity index (χ4n) is 2.69. The SMILES string of the molecule is CS(=O)(=O)N1CCC[C@H](C(=O)N[C@H]2CCS(=O)(=O)C2)C1. The van der Waals surface area contributed by atoms with Gasteiger partial charge < -0.3 is 5.32 Å². The van der Waals surface area contributed by atoms with Crippen LogP contribution in [0.15, 0.2) is 0 Å². The Labute approximate surface area is 119 Å². The molecule has 1 amide bonds. The van der Waals surface area contributed by atoms with Gasteiger partial charge in [-0.25, -0.2) is 21.1 Å². The zero-order valence-corrected chi connectivity index (χ0v) is 13.0. The zero-order valence-electron chi connectivity index (χ0n) is 11.4. The number of nitrogens with one attached hydrogen (secondary N) is 1. The summed E-state index contributed by atoms with van der Waals surface area (Å²) >= 11 is 0. The Balaban J connectivity index is 1.93. The highest BCUT2D eigenvalue weighted by molar-refractivity contribution is 7.91. The van der Waals surface area contributed by atoms with Crippen molar-refractivity contribution in [3.63, 3.8) is 0 Å².